The Labute approximate surface area is 145 Å². The summed E-state index contributed by atoms with van der Waals surface area (Å²) in [5.74, 6) is 0.122. The van der Waals surface area contributed by atoms with Gasteiger partial charge in [-0.15, -0.1) is 0 Å². The average Bonchev–Trinajstić information content (AvgIpc) is 3.19. The number of aromatic nitrogens is 2. The number of carbonyl (C=O) groups excluding carboxylic acids is 2. The monoisotopic (exact) mass is 331 g/mol. The predicted octanol–water partition coefficient (Wildman–Crippen LogP) is 2.56. The number of ketones is 1. The molecule has 0 radical (unpaired) electrons. The van der Waals surface area contributed by atoms with Gasteiger partial charge in [-0.3, -0.25) is 9.59 Å². The number of hydrogen-bond acceptors (Lipinski definition) is 3. The number of primary amides is 1. The first-order chi connectivity index (χ1) is 12.1. The van der Waals surface area contributed by atoms with Crippen molar-refractivity contribution in [2.24, 2.45) is 5.73 Å². The highest BCUT2D eigenvalue weighted by Crippen LogP contribution is 2.37. The molecule has 1 unspecified atom stereocenters. The molecule has 2 aromatic carbocycles. The van der Waals surface area contributed by atoms with Crippen molar-refractivity contribution in [1.82, 2.24) is 9.55 Å². The van der Waals surface area contributed by atoms with E-state index >= 15 is 0 Å². The van der Waals surface area contributed by atoms with E-state index in [4.69, 9.17) is 5.73 Å². The summed E-state index contributed by atoms with van der Waals surface area (Å²) < 4.78 is 1.78. The number of amides is 1. The van der Waals surface area contributed by atoms with Crippen LogP contribution in [0.4, 0.5) is 0 Å². The third-order valence-electron chi connectivity index (χ3n) is 4.64. The summed E-state index contributed by atoms with van der Waals surface area (Å²) >= 11 is 0. The van der Waals surface area contributed by atoms with Crippen LogP contribution in [0.3, 0.4) is 0 Å². The van der Waals surface area contributed by atoms with Crippen molar-refractivity contribution in [3.05, 3.63) is 77.9 Å². The lowest BCUT2D eigenvalue weighted by atomic mass is 9.97. The smallest absolute Gasteiger partial charge is 0.225 e. The summed E-state index contributed by atoms with van der Waals surface area (Å²) in [6.45, 7) is 0. The lowest BCUT2D eigenvalue weighted by Crippen LogP contribution is -2.22. The first-order valence-electron chi connectivity index (χ1n) is 8.16. The minimum atomic E-state index is -0.458. The van der Waals surface area contributed by atoms with Crippen LogP contribution in [0.5, 0.6) is 0 Å². The fraction of sp³-hybridized carbons (Fsp3) is 0.150. The van der Waals surface area contributed by atoms with Crippen LogP contribution >= 0.6 is 0 Å². The van der Waals surface area contributed by atoms with Gasteiger partial charge in [-0.25, -0.2) is 4.98 Å². The van der Waals surface area contributed by atoms with Gasteiger partial charge in [0.05, 0.1) is 6.42 Å². The zero-order chi connectivity index (χ0) is 17.4. The van der Waals surface area contributed by atoms with Crippen molar-refractivity contribution in [3.63, 3.8) is 0 Å². The molecule has 1 atom stereocenters. The molecule has 0 bridgehead atoms. The summed E-state index contributed by atoms with van der Waals surface area (Å²) in [6, 6.07) is 15.5. The van der Waals surface area contributed by atoms with E-state index in [9.17, 15) is 9.59 Å². The molecule has 5 nitrogen and oxygen atoms in total. The number of nitrogens with two attached hydrogens (primary N) is 1. The number of imidazole rings is 1. The number of fused-ring (bicyclic) bond motifs is 1. The Morgan fingerprint density at radius 3 is 2.64 bits per heavy atom. The van der Waals surface area contributed by atoms with Crippen molar-refractivity contribution in [3.8, 4) is 11.1 Å². The van der Waals surface area contributed by atoms with E-state index in [-0.39, 0.29) is 18.2 Å². The molecule has 0 saturated heterocycles. The Bertz CT molecular complexity index is 960. The molecule has 1 amide bonds. The van der Waals surface area contributed by atoms with Gasteiger partial charge >= 0.3 is 0 Å². The molecule has 3 aromatic rings. The molecule has 25 heavy (non-hydrogen) atoms. The van der Waals surface area contributed by atoms with E-state index < -0.39 is 5.91 Å². The number of rotatable bonds is 4. The molecule has 0 fully saturated rings. The van der Waals surface area contributed by atoms with Gasteiger partial charge in [0.25, 0.3) is 0 Å². The number of nitrogens with zero attached hydrogens (tertiary/aromatic N) is 2. The first-order valence-corrected chi connectivity index (χ1v) is 8.16. The highest BCUT2D eigenvalue weighted by atomic mass is 16.1. The van der Waals surface area contributed by atoms with Crippen LogP contribution in [0.25, 0.3) is 11.1 Å². The lowest BCUT2D eigenvalue weighted by molar-refractivity contribution is -0.117. The van der Waals surface area contributed by atoms with Gasteiger partial charge < -0.3 is 10.3 Å². The maximum atomic E-state index is 13.0. The third kappa shape index (κ3) is 2.63. The quantitative estimate of drug-likeness (QED) is 0.798. The molecular formula is C20H17N3O2. The Balaban J connectivity index is 1.75. The SMILES string of the molecule is NC(=O)Cc1nccn1C1Cc2c(cccc2-c2ccccc2)C1=O. The second-order valence-corrected chi connectivity index (χ2v) is 6.18. The van der Waals surface area contributed by atoms with Gasteiger partial charge in [0.1, 0.15) is 11.9 Å². The van der Waals surface area contributed by atoms with E-state index in [1.807, 2.05) is 48.5 Å². The van der Waals surface area contributed by atoms with Crippen molar-refractivity contribution in [1.29, 1.82) is 0 Å². The van der Waals surface area contributed by atoms with Gasteiger partial charge in [-0.2, -0.15) is 0 Å². The fourth-order valence-corrected chi connectivity index (χ4v) is 3.54. The van der Waals surface area contributed by atoms with Crippen LogP contribution in [-0.2, 0) is 17.6 Å². The molecule has 0 saturated carbocycles. The number of benzene rings is 2. The number of hydrogen-bond donors (Lipinski definition) is 1. The maximum absolute atomic E-state index is 13.0. The summed E-state index contributed by atoms with van der Waals surface area (Å²) in [6.07, 6.45) is 3.96. The maximum Gasteiger partial charge on any atom is 0.225 e. The van der Waals surface area contributed by atoms with Crippen molar-refractivity contribution < 1.29 is 9.59 Å². The summed E-state index contributed by atoms with van der Waals surface area (Å²) in [4.78, 5) is 28.4. The number of carbonyl (C=O) groups is 2. The molecule has 1 aliphatic rings. The molecule has 1 heterocycles. The van der Waals surface area contributed by atoms with E-state index in [1.165, 1.54) is 0 Å². The van der Waals surface area contributed by atoms with Gasteiger partial charge in [-0.1, -0.05) is 48.5 Å². The minimum Gasteiger partial charge on any atom is -0.369 e. The average molecular weight is 331 g/mol. The van der Waals surface area contributed by atoms with Crippen LogP contribution in [0.1, 0.15) is 27.8 Å². The van der Waals surface area contributed by atoms with Gasteiger partial charge in [0.15, 0.2) is 5.78 Å². The third-order valence-corrected chi connectivity index (χ3v) is 4.64. The molecule has 1 aromatic heterocycles. The van der Waals surface area contributed by atoms with E-state index in [1.54, 1.807) is 17.0 Å². The topological polar surface area (TPSA) is 78.0 Å². The molecular weight excluding hydrogens is 314 g/mol. The van der Waals surface area contributed by atoms with Crippen molar-refractivity contribution in [2.75, 3.05) is 0 Å². The highest BCUT2D eigenvalue weighted by Gasteiger charge is 2.34. The molecule has 0 spiro atoms. The normalized spacial score (nSPS) is 16.0. The van der Waals surface area contributed by atoms with E-state index in [2.05, 4.69) is 4.98 Å². The van der Waals surface area contributed by atoms with E-state index in [0.29, 0.717) is 12.2 Å². The summed E-state index contributed by atoms with van der Waals surface area (Å²) in [5, 5.41) is 0. The predicted molar refractivity (Wildman–Crippen MR) is 94.1 cm³/mol. The van der Waals surface area contributed by atoms with Gasteiger partial charge in [0.2, 0.25) is 5.91 Å². The van der Waals surface area contributed by atoms with E-state index in [0.717, 1.165) is 22.3 Å². The van der Waals surface area contributed by atoms with Crippen LogP contribution in [0.2, 0.25) is 0 Å². The van der Waals surface area contributed by atoms with Crippen LogP contribution in [-0.4, -0.2) is 21.2 Å². The second kappa shape index (κ2) is 6.02. The summed E-state index contributed by atoms with van der Waals surface area (Å²) in [5.41, 5.74) is 9.25. The zero-order valence-electron chi connectivity index (χ0n) is 13.6. The Hall–Kier alpha value is -3.21. The van der Waals surface area contributed by atoms with Crippen LogP contribution < -0.4 is 5.73 Å². The Morgan fingerprint density at radius 2 is 1.88 bits per heavy atom. The second-order valence-electron chi connectivity index (χ2n) is 6.18. The van der Waals surface area contributed by atoms with Gasteiger partial charge in [0, 0.05) is 24.4 Å². The lowest BCUT2D eigenvalue weighted by Gasteiger charge is -2.13. The molecule has 4 rings (SSSR count). The summed E-state index contributed by atoms with van der Waals surface area (Å²) in [7, 11) is 0. The fourth-order valence-electron chi connectivity index (χ4n) is 3.54. The molecule has 5 heteroatoms. The Morgan fingerprint density at radius 1 is 1.12 bits per heavy atom. The standard InChI is InChI=1S/C20H17N3O2/c21-18(24)12-19-22-9-10-23(19)17-11-16-14(13-5-2-1-3-6-13)7-4-8-15(16)20(17)25/h1-10,17H,11-12H2,(H2,21,24). The van der Waals surface area contributed by atoms with Gasteiger partial charge in [-0.05, 0) is 16.7 Å². The number of Topliss-reactive ketones (excluding diaryl/α,β-unsaturated/α-hetero) is 1. The Kier molecular flexibility index (Phi) is 3.69. The van der Waals surface area contributed by atoms with Crippen molar-refractivity contribution in [2.45, 2.75) is 18.9 Å². The van der Waals surface area contributed by atoms with Crippen molar-refractivity contribution >= 4 is 11.7 Å². The van der Waals surface area contributed by atoms with Crippen LogP contribution in [0.15, 0.2) is 60.9 Å². The van der Waals surface area contributed by atoms with Crippen LogP contribution in [0, 0.1) is 0 Å². The highest BCUT2D eigenvalue weighted by molar-refractivity contribution is 6.05. The molecule has 0 aliphatic heterocycles. The first kappa shape index (κ1) is 15.3. The molecule has 1 aliphatic carbocycles. The minimum absolute atomic E-state index is 0.0265. The zero-order valence-corrected chi connectivity index (χ0v) is 13.6. The molecule has 124 valence electrons. The molecule has 2 N–H and O–H groups in total. The largest absolute Gasteiger partial charge is 0.369 e.